The molecule has 0 aromatic heterocycles. The Labute approximate surface area is 83.3 Å². The van der Waals surface area contributed by atoms with Gasteiger partial charge in [-0.3, -0.25) is 0 Å². The van der Waals surface area contributed by atoms with Gasteiger partial charge in [0.2, 0.25) is 0 Å². The molecule has 0 radical (unpaired) electrons. The molecular weight excluding hydrogens is 186 g/mol. The summed E-state index contributed by atoms with van der Waals surface area (Å²) in [6, 6.07) is 9.96. The summed E-state index contributed by atoms with van der Waals surface area (Å²) in [6.45, 7) is 0. The lowest BCUT2D eigenvalue weighted by molar-refractivity contribution is 0.161. The lowest BCUT2D eigenvalue weighted by Gasteiger charge is -2.11. The quantitative estimate of drug-likeness (QED) is 0.571. The van der Waals surface area contributed by atoms with Gasteiger partial charge in [0, 0.05) is 0 Å². The van der Waals surface area contributed by atoms with Crippen molar-refractivity contribution in [2.24, 2.45) is 5.73 Å². The first-order chi connectivity index (χ1) is 6.20. The van der Waals surface area contributed by atoms with E-state index < -0.39 is 11.6 Å². The molecule has 3 N–H and O–H groups in total. The second-order valence-electron chi connectivity index (χ2n) is 3.04. The lowest BCUT2D eigenvalue weighted by Crippen LogP contribution is -2.29. The number of alkyl halides is 1. The Kier molecular flexibility index (Phi) is 4.22. The molecule has 0 aliphatic rings. The van der Waals surface area contributed by atoms with Gasteiger partial charge < -0.3 is 10.8 Å². The van der Waals surface area contributed by atoms with Gasteiger partial charge in [0.15, 0.2) is 0 Å². The molecule has 1 aromatic carbocycles. The van der Waals surface area contributed by atoms with Gasteiger partial charge in [0.05, 0.1) is 6.10 Å². The minimum absolute atomic E-state index is 0.606. The maximum Gasteiger partial charge on any atom is 0.106 e. The van der Waals surface area contributed by atoms with Crippen molar-refractivity contribution >= 4 is 11.6 Å². The highest BCUT2D eigenvalue weighted by Crippen LogP contribution is 2.07. The summed E-state index contributed by atoms with van der Waals surface area (Å²) < 4.78 is 0. The molecule has 0 aliphatic carbocycles. The van der Waals surface area contributed by atoms with E-state index in [0.29, 0.717) is 6.42 Å². The Hall–Kier alpha value is -0.570. The van der Waals surface area contributed by atoms with Gasteiger partial charge in [-0.25, -0.2) is 0 Å². The normalized spacial score (nSPS) is 15.3. The zero-order chi connectivity index (χ0) is 9.68. The molecule has 2 atom stereocenters. The van der Waals surface area contributed by atoms with Gasteiger partial charge in [0.25, 0.3) is 0 Å². The molecule has 1 aromatic rings. The molecule has 3 heteroatoms. The highest BCUT2D eigenvalue weighted by Gasteiger charge is 2.10. The molecule has 0 saturated heterocycles. The number of aryl methyl sites for hydroxylation is 1. The monoisotopic (exact) mass is 199 g/mol. The molecule has 0 bridgehead atoms. The molecule has 1 rings (SSSR count). The van der Waals surface area contributed by atoms with Gasteiger partial charge >= 0.3 is 0 Å². The Morgan fingerprint density at radius 3 is 2.46 bits per heavy atom. The van der Waals surface area contributed by atoms with Crippen LogP contribution in [0.25, 0.3) is 0 Å². The zero-order valence-electron chi connectivity index (χ0n) is 7.36. The van der Waals surface area contributed by atoms with Crippen molar-refractivity contribution in [3.05, 3.63) is 35.9 Å². The predicted molar refractivity (Wildman–Crippen MR) is 54.6 cm³/mol. The summed E-state index contributed by atoms with van der Waals surface area (Å²) in [4.78, 5) is 0. The van der Waals surface area contributed by atoms with Crippen LogP contribution in [0.15, 0.2) is 30.3 Å². The largest absolute Gasteiger partial charge is 0.390 e. The number of hydrogen-bond acceptors (Lipinski definition) is 2. The van der Waals surface area contributed by atoms with E-state index in [1.807, 2.05) is 30.3 Å². The average molecular weight is 200 g/mol. The number of benzene rings is 1. The molecule has 72 valence electrons. The van der Waals surface area contributed by atoms with E-state index >= 15 is 0 Å². The van der Waals surface area contributed by atoms with Crippen molar-refractivity contribution in [3.63, 3.8) is 0 Å². The van der Waals surface area contributed by atoms with Crippen LogP contribution in [0.3, 0.4) is 0 Å². The summed E-state index contributed by atoms with van der Waals surface area (Å²) >= 11 is 5.52. The lowest BCUT2D eigenvalue weighted by atomic mass is 10.1. The highest BCUT2D eigenvalue weighted by molar-refractivity contribution is 6.20. The van der Waals surface area contributed by atoms with Crippen LogP contribution in [0, 0.1) is 0 Å². The third-order valence-corrected chi connectivity index (χ3v) is 2.23. The minimum Gasteiger partial charge on any atom is -0.390 e. The number of aliphatic hydroxyl groups is 1. The third kappa shape index (κ3) is 3.77. The average Bonchev–Trinajstić information content (AvgIpc) is 2.15. The van der Waals surface area contributed by atoms with Crippen LogP contribution in [0.4, 0.5) is 0 Å². The smallest absolute Gasteiger partial charge is 0.106 e. The van der Waals surface area contributed by atoms with Crippen molar-refractivity contribution in [3.8, 4) is 0 Å². The second kappa shape index (κ2) is 5.22. The van der Waals surface area contributed by atoms with Crippen molar-refractivity contribution in [2.75, 3.05) is 0 Å². The summed E-state index contributed by atoms with van der Waals surface area (Å²) in [5.41, 5.74) is 5.85. The number of hydrogen-bond donors (Lipinski definition) is 2. The zero-order valence-corrected chi connectivity index (χ0v) is 8.11. The fraction of sp³-hybridized carbons (Fsp3) is 0.400. The Morgan fingerprint density at radius 2 is 1.92 bits per heavy atom. The number of halogens is 1. The molecule has 0 heterocycles. The van der Waals surface area contributed by atoms with E-state index in [2.05, 4.69) is 0 Å². The van der Waals surface area contributed by atoms with Crippen LogP contribution >= 0.6 is 11.6 Å². The molecule has 0 saturated carbocycles. The molecule has 0 aliphatic heterocycles. The van der Waals surface area contributed by atoms with Crippen LogP contribution in [-0.4, -0.2) is 16.7 Å². The maximum atomic E-state index is 9.33. The van der Waals surface area contributed by atoms with Crippen molar-refractivity contribution < 1.29 is 5.11 Å². The SMILES string of the molecule is NC(Cl)[C@@H](O)CCc1ccccc1. The summed E-state index contributed by atoms with van der Waals surface area (Å²) in [7, 11) is 0. The van der Waals surface area contributed by atoms with Crippen molar-refractivity contribution in [1.82, 2.24) is 0 Å². The van der Waals surface area contributed by atoms with Gasteiger partial charge in [-0.2, -0.15) is 0 Å². The van der Waals surface area contributed by atoms with Gasteiger partial charge in [0.1, 0.15) is 5.50 Å². The standard InChI is InChI=1S/C10H14ClNO/c11-10(12)9(13)7-6-8-4-2-1-3-5-8/h1-5,9-10,13H,6-7,12H2/t9-,10?/m0/s1. The first-order valence-electron chi connectivity index (χ1n) is 4.32. The number of nitrogens with two attached hydrogens (primary N) is 1. The Morgan fingerprint density at radius 1 is 1.31 bits per heavy atom. The molecule has 13 heavy (non-hydrogen) atoms. The van der Waals surface area contributed by atoms with E-state index in [4.69, 9.17) is 17.3 Å². The van der Waals surface area contributed by atoms with E-state index in [1.54, 1.807) is 0 Å². The van der Waals surface area contributed by atoms with Crippen molar-refractivity contribution in [1.29, 1.82) is 0 Å². The predicted octanol–water partition coefficient (Wildman–Crippen LogP) is 1.50. The Balaban J connectivity index is 2.35. The third-order valence-electron chi connectivity index (χ3n) is 1.94. The van der Waals surface area contributed by atoms with Gasteiger partial charge in [-0.05, 0) is 18.4 Å². The van der Waals surface area contributed by atoms with Crippen LogP contribution in [0.2, 0.25) is 0 Å². The molecule has 1 unspecified atom stereocenters. The first kappa shape index (κ1) is 10.5. The Bertz CT molecular complexity index is 238. The topological polar surface area (TPSA) is 46.2 Å². The molecule has 2 nitrogen and oxygen atoms in total. The number of aliphatic hydroxyl groups excluding tert-OH is 1. The fourth-order valence-corrected chi connectivity index (χ4v) is 1.24. The minimum atomic E-state index is -0.663. The van der Waals surface area contributed by atoms with Crippen LogP contribution < -0.4 is 5.73 Å². The van der Waals surface area contributed by atoms with E-state index in [1.165, 1.54) is 5.56 Å². The van der Waals surface area contributed by atoms with Crippen LogP contribution in [0.1, 0.15) is 12.0 Å². The molecule has 0 fully saturated rings. The van der Waals surface area contributed by atoms with Crippen LogP contribution in [0.5, 0.6) is 0 Å². The van der Waals surface area contributed by atoms with Gasteiger partial charge in [-0.15, -0.1) is 11.6 Å². The molecule has 0 amide bonds. The van der Waals surface area contributed by atoms with Gasteiger partial charge in [-0.1, -0.05) is 30.3 Å². The summed E-state index contributed by atoms with van der Waals surface area (Å²) in [5.74, 6) is 0. The van der Waals surface area contributed by atoms with Crippen LogP contribution in [-0.2, 0) is 6.42 Å². The molecular formula is C10H14ClNO. The van der Waals surface area contributed by atoms with E-state index in [0.717, 1.165) is 6.42 Å². The fourth-order valence-electron chi connectivity index (χ4n) is 1.12. The highest BCUT2D eigenvalue weighted by atomic mass is 35.5. The first-order valence-corrected chi connectivity index (χ1v) is 4.75. The summed E-state index contributed by atoms with van der Waals surface area (Å²) in [6.07, 6.45) is 0.791. The number of rotatable bonds is 4. The van der Waals surface area contributed by atoms with E-state index in [9.17, 15) is 5.11 Å². The summed E-state index contributed by atoms with van der Waals surface area (Å²) in [5, 5.41) is 9.33. The van der Waals surface area contributed by atoms with E-state index in [-0.39, 0.29) is 0 Å². The second-order valence-corrected chi connectivity index (χ2v) is 3.54. The maximum absolute atomic E-state index is 9.33. The molecule has 0 spiro atoms. The van der Waals surface area contributed by atoms with Crippen molar-refractivity contribution in [2.45, 2.75) is 24.4 Å².